The molecule has 142 valence electrons. The Kier molecular flexibility index (Phi) is 5.62. The molecule has 1 aromatic carbocycles. The highest BCUT2D eigenvalue weighted by Gasteiger charge is 2.34. The highest BCUT2D eigenvalue weighted by Crippen LogP contribution is 2.35. The van der Waals surface area contributed by atoms with Gasteiger partial charge in [-0.1, -0.05) is 11.6 Å². The van der Waals surface area contributed by atoms with Crippen LogP contribution in [0.5, 0.6) is 0 Å². The van der Waals surface area contributed by atoms with Crippen LogP contribution in [0.3, 0.4) is 0 Å². The van der Waals surface area contributed by atoms with Gasteiger partial charge in [0.05, 0.1) is 6.10 Å². The zero-order chi connectivity index (χ0) is 18.7. The van der Waals surface area contributed by atoms with E-state index in [1.807, 2.05) is 6.07 Å². The highest BCUT2D eigenvalue weighted by atomic mass is 35.5. The summed E-state index contributed by atoms with van der Waals surface area (Å²) in [6, 6.07) is 5.32. The van der Waals surface area contributed by atoms with E-state index in [0.717, 1.165) is 24.2 Å². The number of benzene rings is 1. The van der Waals surface area contributed by atoms with E-state index in [9.17, 15) is 18.3 Å². The molecule has 0 aliphatic carbocycles. The van der Waals surface area contributed by atoms with Crippen molar-refractivity contribution in [3.8, 4) is 0 Å². The van der Waals surface area contributed by atoms with Gasteiger partial charge in [0.2, 0.25) is 0 Å². The fraction of sp³-hybridized carbons (Fsp3) is 0.471. The molecule has 5 nitrogen and oxygen atoms in total. The van der Waals surface area contributed by atoms with Gasteiger partial charge in [-0.05, 0) is 37.5 Å². The number of aliphatic hydroxyl groups is 1. The van der Waals surface area contributed by atoms with Crippen molar-refractivity contribution in [3.05, 3.63) is 40.7 Å². The van der Waals surface area contributed by atoms with Crippen LogP contribution in [-0.4, -0.2) is 29.7 Å². The van der Waals surface area contributed by atoms with Crippen molar-refractivity contribution in [1.82, 2.24) is 4.98 Å². The maximum absolute atomic E-state index is 12.5. The van der Waals surface area contributed by atoms with Gasteiger partial charge in [-0.15, -0.1) is 0 Å². The van der Waals surface area contributed by atoms with Crippen molar-refractivity contribution >= 4 is 23.3 Å². The van der Waals surface area contributed by atoms with E-state index in [1.165, 1.54) is 0 Å². The average Bonchev–Trinajstić information content (AvgIpc) is 3.00. The minimum absolute atomic E-state index is 0.143. The van der Waals surface area contributed by atoms with Gasteiger partial charge in [-0.2, -0.15) is 18.2 Å². The number of fused-ring (bicyclic) bond motifs is 1. The number of halogens is 4. The van der Waals surface area contributed by atoms with Gasteiger partial charge in [-0.25, -0.2) is 0 Å². The summed E-state index contributed by atoms with van der Waals surface area (Å²) in [5.41, 5.74) is 0.702. The molecule has 3 rings (SSSR count). The zero-order valence-electron chi connectivity index (χ0n) is 13.9. The van der Waals surface area contributed by atoms with Crippen molar-refractivity contribution in [2.45, 2.75) is 31.5 Å². The van der Waals surface area contributed by atoms with Gasteiger partial charge >= 0.3 is 6.18 Å². The summed E-state index contributed by atoms with van der Waals surface area (Å²) in [7, 11) is 0. The number of hydrogen-bond acceptors (Lipinski definition) is 5. The Morgan fingerprint density at radius 1 is 1.38 bits per heavy atom. The summed E-state index contributed by atoms with van der Waals surface area (Å²) in [5.74, 6) is 0. The first-order valence-electron chi connectivity index (χ1n) is 8.33. The number of aliphatic hydroxyl groups excluding tert-OH is 1. The van der Waals surface area contributed by atoms with Crippen LogP contribution in [-0.2, 0) is 6.18 Å². The van der Waals surface area contributed by atoms with Crippen LogP contribution in [0, 0.1) is 0 Å². The third-order valence-corrected chi connectivity index (χ3v) is 4.51. The molecule has 2 N–H and O–H groups in total. The van der Waals surface area contributed by atoms with Crippen LogP contribution in [0.4, 0.5) is 24.9 Å². The maximum Gasteiger partial charge on any atom is 0.436 e. The molecular weight excluding hydrogens is 371 g/mol. The van der Waals surface area contributed by atoms with Crippen molar-refractivity contribution in [2.75, 3.05) is 29.9 Å². The number of anilines is 2. The quantitative estimate of drug-likeness (QED) is 0.738. The minimum Gasteiger partial charge on any atom is -0.432 e. The second kappa shape index (κ2) is 7.75. The number of alkyl halides is 3. The molecule has 2 heterocycles. The summed E-state index contributed by atoms with van der Waals surface area (Å²) in [6.45, 7) is 1.89. The number of oxazole rings is 1. The number of rotatable bonds is 5. The predicted molar refractivity (Wildman–Crippen MR) is 92.5 cm³/mol. The van der Waals surface area contributed by atoms with E-state index in [2.05, 4.69) is 15.2 Å². The van der Waals surface area contributed by atoms with Gasteiger partial charge in [0.1, 0.15) is 6.26 Å². The van der Waals surface area contributed by atoms with Gasteiger partial charge in [-0.3, -0.25) is 0 Å². The second-order valence-corrected chi connectivity index (χ2v) is 6.60. The van der Waals surface area contributed by atoms with E-state index < -0.39 is 18.0 Å². The Hall–Kier alpha value is -1.93. The lowest BCUT2D eigenvalue weighted by Gasteiger charge is -2.25. The van der Waals surface area contributed by atoms with Gasteiger partial charge in [0.25, 0.3) is 6.01 Å². The van der Waals surface area contributed by atoms with Crippen LogP contribution in [0.25, 0.3) is 0 Å². The van der Waals surface area contributed by atoms with Crippen molar-refractivity contribution in [2.24, 2.45) is 0 Å². The molecule has 26 heavy (non-hydrogen) atoms. The Morgan fingerprint density at radius 3 is 2.92 bits per heavy atom. The smallest absolute Gasteiger partial charge is 0.432 e. The third-order valence-electron chi connectivity index (χ3n) is 4.27. The van der Waals surface area contributed by atoms with Crippen LogP contribution in [0.2, 0.25) is 5.02 Å². The summed E-state index contributed by atoms with van der Waals surface area (Å²) in [4.78, 5) is 5.53. The fourth-order valence-corrected chi connectivity index (χ4v) is 3.19. The van der Waals surface area contributed by atoms with Crippen LogP contribution in [0.15, 0.2) is 28.9 Å². The van der Waals surface area contributed by atoms with E-state index in [0.29, 0.717) is 37.2 Å². The van der Waals surface area contributed by atoms with Gasteiger partial charge < -0.3 is 19.7 Å². The topological polar surface area (TPSA) is 61.5 Å². The van der Waals surface area contributed by atoms with Crippen LogP contribution in [0.1, 0.15) is 36.6 Å². The van der Waals surface area contributed by atoms with Crippen molar-refractivity contribution in [3.63, 3.8) is 0 Å². The molecule has 1 aliphatic heterocycles. The molecule has 0 saturated heterocycles. The van der Waals surface area contributed by atoms with Crippen LogP contribution < -0.4 is 10.2 Å². The largest absolute Gasteiger partial charge is 0.436 e. The van der Waals surface area contributed by atoms with E-state index in [-0.39, 0.29) is 6.01 Å². The summed E-state index contributed by atoms with van der Waals surface area (Å²) in [6.07, 6.45) is -2.28. The maximum atomic E-state index is 12.5. The molecule has 0 amide bonds. The lowest BCUT2D eigenvalue weighted by molar-refractivity contribution is -0.141. The summed E-state index contributed by atoms with van der Waals surface area (Å²) < 4.78 is 42.2. The number of nitrogens with one attached hydrogen (secondary N) is 1. The second-order valence-electron chi connectivity index (χ2n) is 6.16. The molecule has 1 aliphatic rings. The molecule has 9 heteroatoms. The summed E-state index contributed by atoms with van der Waals surface area (Å²) >= 11 is 6.03. The minimum atomic E-state index is -4.51. The standard InChI is InChI=1S/C17H19ClF3N3O2/c18-11-4-5-13-12(9-11)14(25)3-1-7-24(13)8-2-6-22-16-23-15(10-26-16)17(19,20)21/h4-5,9-10,14,25H,1-3,6-8H2,(H,22,23). The molecule has 1 unspecified atom stereocenters. The Labute approximate surface area is 153 Å². The Bertz CT molecular complexity index is 751. The Balaban J connectivity index is 1.56. The van der Waals surface area contributed by atoms with Crippen LogP contribution >= 0.6 is 11.6 Å². The van der Waals surface area contributed by atoms with Crippen molar-refractivity contribution < 1.29 is 22.7 Å². The zero-order valence-corrected chi connectivity index (χ0v) is 14.6. The number of nitrogens with zero attached hydrogens (tertiary/aromatic N) is 2. The molecule has 0 bridgehead atoms. The van der Waals surface area contributed by atoms with Crippen molar-refractivity contribution in [1.29, 1.82) is 0 Å². The highest BCUT2D eigenvalue weighted by molar-refractivity contribution is 6.30. The normalized spacial score (nSPS) is 17.7. The Morgan fingerprint density at radius 2 is 2.19 bits per heavy atom. The molecule has 2 aromatic rings. The first kappa shape index (κ1) is 18.8. The molecule has 0 saturated carbocycles. The first-order chi connectivity index (χ1) is 12.3. The first-order valence-corrected chi connectivity index (χ1v) is 8.71. The SMILES string of the molecule is OC1CCCN(CCCNc2nc(C(F)(F)F)co2)c2ccc(Cl)cc21. The molecule has 0 fully saturated rings. The molecule has 1 aromatic heterocycles. The molecule has 1 atom stereocenters. The van der Waals surface area contributed by atoms with E-state index >= 15 is 0 Å². The lowest BCUT2D eigenvalue weighted by Crippen LogP contribution is -2.26. The average molecular weight is 390 g/mol. The summed E-state index contributed by atoms with van der Waals surface area (Å²) in [5, 5.41) is 13.6. The van der Waals surface area contributed by atoms with E-state index in [4.69, 9.17) is 16.0 Å². The lowest BCUT2D eigenvalue weighted by atomic mass is 10.0. The van der Waals surface area contributed by atoms with E-state index in [1.54, 1.807) is 12.1 Å². The molecule has 0 radical (unpaired) electrons. The fourth-order valence-electron chi connectivity index (χ4n) is 3.01. The van der Waals surface area contributed by atoms with Gasteiger partial charge in [0, 0.05) is 35.9 Å². The predicted octanol–water partition coefficient (Wildman–Crippen LogP) is 4.48. The third kappa shape index (κ3) is 4.42. The monoisotopic (exact) mass is 389 g/mol. The van der Waals surface area contributed by atoms with Gasteiger partial charge in [0.15, 0.2) is 5.69 Å². The number of aromatic nitrogens is 1. The molecular formula is C17H19ClF3N3O2. The number of hydrogen-bond donors (Lipinski definition) is 2. The molecule has 0 spiro atoms.